The highest BCUT2D eigenvalue weighted by Crippen LogP contribution is 2.37. The van der Waals surface area contributed by atoms with Crippen molar-refractivity contribution in [3.8, 4) is 16.8 Å². The Bertz CT molecular complexity index is 1300. The Morgan fingerprint density at radius 1 is 0.552 bits per heavy atom. The lowest BCUT2D eigenvalue weighted by atomic mass is 9.86. The monoisotopic (exact) mass is 375 g/mol. The van der Waals surface area contributed by atoms with E-state index in [1.807, 2.05) is 0 Å². The Balaban J connectivity index is 1.86. The van der Waals surface area contributed by atoms with Crippen LogP contribution >= 0.6 is 0 Å². The van der Waals surface area contributed by atoms with Crippen LogP contribution < -0.4 is 0 Å². The first-order valence-corrected chi connectivity index (χ1v) is 10.2. The second-order valence-electron chi connectivity index (χ2n) is 8.75. The molecule has 0 radical (unpaired) electrons. The van der Waals surface area contributed by atoms with Gasteiger partial charge in [0.25, 0.3) is 0 Å². The third-order valence-corrected chi connectivity index (χ3v) is 5.75. The molecule has 1 aromatic heterocycles. The summed E-state index contributed by atoms with van der Waals surface area (Å²) in [6.45, 7) is 6.83. The molecule has 1 heterocycles. The second-order valence-corrected chi connectivity index (χ2v) is 8.75. The van der Waals surface area contributed by atoms with Crippen molar-refractivity contribution < 1.29 is 0 Å². The Labute approximate surface area is 172 Å². The Hall–Kier alpha value is -3.32. The maximum Gasteiger partial charge on any atom is 0.0541 e. The summed E-state index contributed by atoms with van der Waals surface area (Å²) in [4.78, 5) is 0. The van der Waals surface area contributed by atoms with Crippen molar-refractivity contribution >= 4 is 21.8 Å². The summed E-state index contributed by atoms with van der Waals surface area (Å²) in [5.74, 6) is 0. The van der Waals surface area contributed by atoms with Crippen LogP contribution in [0.5, 0.6) is 0 Å². The molecule has 1 heteroatoms. The van der Waals surface area contributed by atoms with Crippen LogP contribution in [0, 0.1) is 0 Å². The number of aromatic nitrogens is 1. The van der Waals surface area contributed by atoms with Crippen LogP contribution in [-0.2, 0) is 5.41 Å². The zero-order valence-electron chi connectivity index (χ0n) is 17.2. The molecular weight excluding hydrogens is 350 g/mol. The van der Waals surface area contributed by atoms with Crippen LogP contribution in [0.3, 0.4) is 0 Å². The molecule has 0 aliphatic heterocycles. The zero-order valence-corrected chi connectivity index (χ0v) is 17.2. The number of nitrogens with zero attached hydrogens (tertiary/aromatic N) is 1. The number of hydrogen-bond donors (Lipinski definition) is 0. The van der Waals surface area contributed by atoms with Gasteiger partial charge in [-0.15, -0.1) is 0 Å². The molecule has 0 N–H and O–H groups in total. The molecule has 0 saturated heterocycles. The van der Waals surface area contributed by atoms with Crippen LogP contribution in [0.2, 0.25) is 0 Å². The van der Waals surface area contributed by atoms with Crippen molar-refractivity contribution in [2.24, 2.45) is 0 Å². The molecule has 4 aromatic carbocycles. The average molecular weight is 376 g/mol. The minimum Gasteiger partial charge on any atom is -0.309 e. The van der Waals surface area contributed by atoms with Crippen molar-refractivity contribution in [1.82, 2.24) is 4.57 Å². The largest absolute Gasteiger partial charge is 0.309 e. The van der Waals surface area contributed by atoms with E-state index < -0.39 is 0 Å². The third-order valence-electron chi connectivity index (χ3n) is 5.75. The van der Waals surface area contributed by atoms with Crippen molar-refractivity contribution in [2.75, 3.05) is 0 Å². The molecule has 0 unspecified atom stereocenters. The van der Waals surface area contributed by atoms with Crippen LogP contribution in [0.25, 0.3) is 38.6 Å². The number of para-hydroxylation sites is 1. The molecule has 0 aliphatic rings. The molecule has 0 amide bonds. The summed E-state index contributed by atoms with van der Waals surface area (Å²) >= 11 is 0. The Morgan fingerprint density at radius 3 is 1.79 bits per heavy atom. The van der Waals surface area contributed by atoms with Crippen molar-refractivity contribution in [3.63, 3.8) is 0 Å². The van der Waals surface area contributed by atoms with Gasteiger partial charge >= 0.3 is 0 Å². The standard InChI is InChI=1S/C28H25N/c1-28(2,3)22-15-17-27-25(19-22)24-18-21(20-10-6-4-7-11-20)14-16-26(24)29(27)23-12-8-5-9-13-23/h4-19H,1-3H3. The van der Waals surface area contributed by atoms with E-state index in [4.69, 9.17) is 0 Å². The first-order chi connectivity index (χ1) is 14.0. The summed E-state index contributed by atoms with van der Waals surface area (Å²) in [7, 11) is 0. The van der Waals surface area contributed by atoms with Crippen LogP contribution in [-0.4, -0.2) is 4.57 Å². The summed E-state index contributed by atoms with van der Waals surface area (Å²) in [5, 5.41) is 2.62. The number of rotatable bonds is 2. The smallest absolute Gasteiger partial charge is 0.0541 e. The number of hydrogen-bond acceptors (Lipinski definition) is 0. The lowest BCUT2D eigenvalue weighted by Gasteiger charge is -2.19. The third kappa shape index (κ3) is 3.03. The molecule has 0 aliphatic carbocycles. The van der Waals surface area contributed by atoms with Gasteiger partial charge in [0, 0.05) is 16.5 Å². The predicted octanol–water partition coefficient (Wildman–Crippen LogP) is 7.75. The highest BCUT2D eigenvalue weighted by Gasteiger charge is 2.18. The van der Waals surface area contributed by atoms with E-state index in [0.717, 1.165) is 0 Å². The van der Waals surface area contributed by atoms with E-state index in [2.05, 4.69) is 122 Å². The van der Waals surface area contributed by atoms with Crippen molar-refractivity contribution in [1.29, 1.82) is 0 Å². The molecule has 0 bridgehead atoms. The van der Waals surface area contributed by atoms with Gasteiger partial charge in [-0.05, 0) is 58.5 Å². The van der Waals surface area contributed by atoms with E-state index in [9.17, 15) is 0 Å². The number of benzene rings is 4. The quantitative estimate of drug-likeness (QED) is 0.297. The van der Waals surface area contributed by atoms with Crippen LogP contribution in [0.4, 0.5) is 0 Å². The average Bonchev–Trinajstić information content (AvgIpc) is 3.07. The fraction of sp³-hybridized carbons (Fsp3) is 0.143. The van der Waals surface area contributed by atoms with Gasteiger partial charge in [-0.1, -0.05) is 81.4 Å². The van der Waals surface area contributed by atoms with E-state index in [0.29, 0.717) is 0 Å². The molecule has 0 spiro atoms. The first-order valence-electron chi connectivity index (χ1n) is 10.2. The fourth-order valence-corrected chi connectivity index (χ4v) is 4.16. The Morgan fingerprint density at radius 2 is 1.14 bits per heavy atom. The van der Waals surface area contributed by atoms with Crippen molar-refractivity contribution in [3.05, 3.63) is 103 Å². The Kier molecular flexibility index (Phi) is 4.06. The lowest BCUT2D eigenvalue weighted by molar-refractivity contribution is 0.591. The molecule has 0 saturated carbocycles. The summed E-state index contributed by atoms with van der Waals surface area (Å²) in [6, 6.07) is 35.1. The van der Waals surface area contributed by atoms with Gasteiger partial charge in [0.1, 0.15) is 0 Å². The fourth-order valence-electron chi connectivity index (χ4n) is 4.16. The molecule has 5 aromatic rings. The molecule has 1 nitrogen and oxygen atoms in total. The minimum absolute atomic E-state index is 0.117. The molecule has 0 atom stereocenters. The zero-order chi connectivity index (χ0) is 20.0. The van der Waals surface area contributed by atoms with Gasteiger partial charge < -0.3 is 4.57 Å². The van der Waals surface area contributed by atoms with E-state index in [-0.39, 0.29) is 5.41 Å². The predicted molar refractivity (Wildman–Crippen MR) is 125 cm³/mol. The van der Waals surface area contributed by atoms with Gasteiger partial charge in [0.15, 0.2) is 0 Å². The maximum absolute atomic E-state index is 2.38. The normalized spacial score (nSPS) is 12.0. The molecule has 0 fully saturated rings. The topological polar surface area (TPSA) is 4.93 Å². The van der Waals surface area contributed by atoms with Crippen LogP contribution in [0.1, 0.15) is 26.3 Å². The summed E-state index contributed by atoms with van der Waals surface area (Å²) in [6.07, 6.45) is 0. The van der Waals surface area contributed by atoms with Crippen molar-refractivity contribution in [2.45, 2.75) is 26.2 Å². The molecule has 142 valence electrons. The van der Waals surface area contributed by atoms with Crippen LogP contribution in [0.15, 0.2) is 97.1 Å². The van der Waals surface area contributed by atoms with Gasteiger partial charge in [-0.2, -0.15) is 0 Å². The number of fused-ring (bicyclic) bond motifs is 3. The van der Waals surface area contributed by atoms with E-state index in [1.165, 1.54) is 44.2 Å². The maximum atomic E-state index is 2.38. The molecular formula is C28H25N. The molecule has 5 rings (SSSR count). The SMILES string of the molecule is CC(C)(C)c1ccc2c(c1)c1cc(-c3ccccc3)ccc1n2-c1ccccc1. The van der Waals surface area contributed by atoms with E-state index in [1.54, 1.807) is 0 Å². The summed E-state index contributed by atoms with van der Waals surface area (Å²) in [5.41, 5.74) is 7.69. The lowest BCUT2D eigenvalue weighted by Crippen LogP contribution is -2.10. The first kappa shape index (κ1) is 17.8. The van der Waals surface area contributed by atoms with E-state index >= 15 is 0 Å². The second kappa shape index (κ2) is 6.63. The van der Waals surface area contributed by atoms with Gasteiger partial charge in [-0.3, -0.25) is 0 Å². The van der Waals surface area contributed by atoms with Gasteiger partial charge in [0.05, 0.1) is 11.0 Å². The summed E-state index contributed by atoms with van der Waals surface area (Å²) < 4.78 is 2.38. The highest BCUT2D eigenvalue weighted by atomic mass is 15.0. The van der Waals surface area contributed by atoms with Gasteiger partial charge in [-0.25, -0.2) is 0 Å². The molecule has 29 heavy (non-hydrogen) atoms. The minimum atomic E-state index is 0.117. The van der Waals surface area contributed by atoms with Gasteiger partial charge in [0.2, 0.25) is 0 Å². The highest BCUT2D eigenvalue weighted by molar-refractivity contribution is 6.10.